The molecule has 1 heterocycles. The Bertz CT molecular complexity index is 533. The van der Waals surface area contributed by atoms with Gasteiger partial charge in [0.15, 0.2) is 0 Å². The van der Waals surface area contributed by atoms with Crippen molar-refractivity contribution < 1.29 is 0 Å². The molecule has 0 amide bonds. The van der Waals surface area contributed by atoms with E-state index >= 15 is 0 Å². The van der Waals surface area contributed by atoms with Crippen LogP contribution in [-0.4, -0.2) is 6.54 Å². The van der Waals surface area contributed by atoms with Gasteiger partial charge in [-0.1, -0.05) is 28.9 Å². The van der Waals surface area contributed by atoms with Gasteiger partial charge in [0, 0.05) is 9.35 Å². The number of hydrogen-bond acceptors (Lipinski definition) is 2. The standard InChI is InChI=1S/C15H18BrNS/c1-4-17-14(15-11(3)7-8-18-15)13-9-12(16)6-5-10(13)2/h5-9,14,17H,4H2,1-3H3. The molecule has 1 unspecified atom stereocenters. The SMILES string of the molecule is CCNC(c1cc(Br)ccc1C)c1sccc1C. The predicted octanol–water partition coefficient (Wildman–Crippen LogP) is 4.83. The van der Waals surface area contributed by atoms with E-state index in [1.807, 2.05) is 11.3 Å². The Morgan fingerprint density at radius 3 is 2.61 bits per heavy atom. The maximum absolute atomic E-state index is 3.60. The van der Waals surface area contributed by atoms with Crippen LogP contribution in [0.3, 0.4) is 0 Å². The normalized spacial score (nSPS) is 12.7. The minimum atomic E-state index is 0.299. The summed E-state index contributed by atoms with van der Waals surface area (Å²) in [5.74, 6) is 0. The van der Waals surface area contributed by atoms with Crippen LogP contribution in [0.1, 0.15) is 34.5 Å². The van der Waals surface area contributed by atoms with E-state index in [2.05, 4.69) is 71.7 Å². The average molecular weight is 324 g/mol. The Morgan fingerprint density at radius 2 is 2.00 bits per heavy atom. The summed E-state index contributed by atoms with van der Waals surface area (Å²) < 4.78 is 1.14. The van der Waals surface area contributed by atoms with Crippen molar-refractivity contribution in [2.24, 2.45) is 0 Å². The topological polar surface area (TPSA) is 12.0 Å². The van der Waals surface area contributed by atoms with Crippen LogP contribution in [0.2, 0.25) is 0 Å². The highest BCUT2D eigenvalue weighted by molar-refractivity contribution is 9.10. The predicted molar refractivity (Wildman–Crippen MR) is 83.5 cm³/mol. The Hall–Kier alpha value is -0.640. The van der Waals surface area contributed by atoms with Crippen molar-refractivity contribution in [3.63, 3.8) is 0 Å². The first-order valence-corrected chi connectivity index (χ1v) is 7.84. The lowest BCUT2D eigenvalue weighted by Crippen LogP contribution is -2.22. The van der Waals surface area contributed by atoms with E-state index in [9.17, 15) is 0 Å². The maximum Gasteiger partial charge on any atom is 0.0676 e. The lowest BCUT2D eigenvalue weighted by atomic mass is 9.98. The number of aryl methyl sites for hydroxylation is 2. The van der Waals surface area contributed by atoms with Crippen molar-refractivity contribution in [1.82, 2.24) is 5.32 Å². The highest BCUT2D eigenvalue weighted by Crippen LogP contribution is 2.32. The molecular formula is C15H18BrNS. The number of thiophene rings is 1. The average Bonchev–Trinajstić information content (AvgIpc) is 2.76. The van der Waals surface area contributed by atoms with Gasteiger partial charge in [-0.05, 0) is 60.7 Å². The summed E-state index contributed by atoms with van der Waals surface area (Å²) in [6.07, 6.45) is 0. The van der Waals surface area contributed by atoms with Gasteiger partial charge in [-0.3, -0.25) is 0 Å². The molecule has 0 radical (unpaired) electrons. The van der Waals surface area contributed by atoms with E-state index < -0.39 is 0 Å². The van der Waals surface area contributed by atoms with Crippen LogP contribution >= 0.6 is 27.3 Å². The van der Waals surface area contributed by atoms with Crippen LogP contribution < -0.4 is 5.32 Å². The monoisotopic (exact) mass is 323 g/mol. The molecule has 96 valence electrons. The third kappa shape index (κ3) is 2.85. The van der Waals surface area contributed by atoms with Crippen LogP contribution in [0, 0.1) is 13.8 Å². The second kappa shape index (κ2) is 6.00. The van der Waals surface area contributed by atoms with Gasteiger partial charge in [0.25, 0.3) is 0 Å². The number of hydrogen-bond donors (Lipinski definition) is 1. The minimum absolute atomic E-state index is 0.299. The zero-order chi connectivity index (χ0) is 13.1. The molecule has 0 saturated carbocycles. The van der Waals surface area contributed by atoms with E-state index in [1.165, 1.54) is 21.6 Å². The van der Waals surface area contributed by atoms with E-state index in [-0.39, 0.29) is 0 Å². The molecule has 3 heteroatoms. The molecule has 0 aliphatic rings. The molecule has 1 N–H and O–H groups in total. The van der Waals surface area contributed by atoms with Crippen LogP contribution in [0.4, 0.5) is 0 Å². The highest BCUT2D eigenvalue weighted by atomic mass is 79.9. The summed E-state index contributed by atoms with van der Waals surface area (Å²) >= 11 is 5.40. The molecule has 0 fully saturated rings. The molecule has 2 aromatic rings. The summed E-state index contributed by atoms with van der Waals surface area (Å²) in [6, 6.07) is 8.99. The van der Waals surface area contributed by atoms with Crippen molar-refractivity contribution in [2.45, 2.75) is 26.8 Å². The summed E-state index contributed by atoms with van der Waals surface area (Å²) in [7, 11) is 0. The van der Waals surface area contributed by atoms with Crippen molar-refractivity contribution >= 4 is 27.3 Å². The summed E-state index contributed by atoms with van der Waals surface area (Å²) in [5.41, 5.74) is 4.05. The molecule has 1 aromatic heterocycles. The molecule has 0 aliphatic heterocycles. The Labute approximate surface area is 121 Å². The number of nitrogens with one attached hydrogen (secondary N) is 1. The summed E-state index contributed by atoms with van der Waals surface area (Å²) in [6.45, 7) is 7.48. The van der Waals surface area contributed by atoms with Gasteiger partial charge >= 0.3 is 0 Å². The maximum atomic E-state index is 3.60. The minimum Gasteiger partial charge on any atom is -0.306 e. The molecule has 0 bridgehead atoms. The lowest BCUT2D eigenvalue weighted by molar-refractivity contribution is 0.634. The van der Waals surface area contributed by atoms with Gasteiger partial charge in [-0.15, -0.1) is 11.3 Å². The lowest BCUT2D eigenvalue weighted by Gasteiger charge is -2.20. The van der Waals surface area contributed by atoms with Crippen molar-refractivity contribution in [3.8, 4) is 0 Å². The smallest absolute Gasteiger partial charge is 0.0676 e. The van der Waals surface area contributed by atoms with E-state index in [0.717, 1.165) is 11.0 Å². The number of halogens is 1. The summed E-state index contributed by atoms with van der Waals surface area (Å²) in [5, 5.41) is 5.77. The third-order valence-corrected chi connectivity index (χ3v) is 4.70. The molecule has 0 spiro atoms. The Morgan fingerprint density at radius 1 is 1.22 bits per heavy atom. The van der Waals surface area contributed by atoms with Gasteiger partial charge < -0.3 is 5.32 Å². The quantitative estimate of drug-likeness (QED) is 0.850. The fourth-order valence-corrected chi connectivity index (χ4v) is 3.55. The first-order chi connectivity index (χ1) is 8.63. The zero-order valence-corrected chi connectivity index (χ0v) is 13.4. The molecule has 0 aliphatic carbocycles. The van der Waals surface area contributed by atoms with Crippen LogP contribution in [0.15, 0.2) is 34.1 Å². The largest absolute Gasteiger partial charge is 0.306 e. The van der Waals surface area contributed by atoms with Crippen LogP contribution in [0.25, 0.3) is 0 Å². The van der Waals surface area contributed by atoms with Crippen molar-refractivity contribution in [2.75, 3.05) is 6.54 Å². The van der Waals surface area contributed by atoms with E-state index in [1.54, 1.807) is 0 Å². The van der Waals surface area contributed by atoms with Gasteiger partial charge in [-0.25, -0.2) is 0 Å². The number of benzene rings is 1. The first kappa shape index (κ1) is 13.8. The number of rotatable bonds is 4. The molecular weight excluding hydrogens is 306 g/mol. The molecule has 18 heavy (non-hydrogen) atoms. The van der Waals surface area contributed by atoms with E-state index in [0.29, 0.717) is 6.04 Å². The van der Waals surface area contributed by atoms with Gasteiger partial charge in [0.1, 0.15) is 0 Å². The van der Waals surface area contributed by atoms with Gasteiger partial charge in [0.05, 0.1) is 6.04 Å². The molecule has 1 nitrogen and oxygen atoms in total. The fourth-order valence-electron chi connectivity index (χ4n) is 2.15. The second-order valence-corrected chi connectivity index (χ2v) is 6.32. The highest BCUT2D eigenvalue weighted by Gasteiger charge is 2.18. The van der Waals surface area contributed by atoms with Crippen molar-refractivity contribution in [1.29, 1.82) is 0 Å². The van der Waals surface area contributed by atoms with Crippen LogP contribution in [0.5, 0.6) is 0 Å². The molecule has 1 atom stereocenters. The first-order valence-electron chi connectivity index (χ1n) is 6.17. The molecule has 0 saturated heterocycles. The van der Waals surface area contributed by atoms with Crippen molar-refractivity contribution in [3.05, 3.63) is 55.7 Å². The van der Waals surface area contributed by atoms with Gasteiger partial charge in [-0.2, -0.15) is 0 Å². The molecule has 2 rings (SSSR count). The Kier molecular flexibility index (Phi) is 4.60. The van der Waals surface area contributed by atoms with Crippen LogP contribution in [-0.2, 0) is 0 Å². The fraction of sp³-hybridized carbons (Fsp3) is 0.333. The molecule has 1 aromatic carbocycles. The second-order valence-electron chi connectivity index (χ2n) is 4.46. The zero-order valence-electron chi connectivity index (χ0n) is 11.0. The van der Waals surface area contributed by atoms with E-state index in [4.69, 9.17) is 0 Å². The van der Waals surface area contributed by atoms with Gasteiger partial charge in [0.2, 0.25) is 0 Å². The third-order valence-electron chi connectivity index (χ3n) is 3.12. The summed E-state index contributed by atoms with van der Waals surface area (Å²) in [4.78, 5) is 1.41. The Balaban J connectivity index is 2.48.